The summed E-state index contributed by atoms with van der Waals surface area (Å²) >= 11 is 1.67. The van der Waals surface area contributed by atoms with E-state index >= 15 is 0 Å². The van der Waals surface area contributed by atoms with Crippen LogP contribution in [0.2, 0.25) is 0 Å². The van der Waals surface area contributed by atoms with E-state index < -0.39 is 22.1 Å². The van der Waals surface area contributed by atoms with Gasteiger partial charge >= 0.3 is 6.03 Å². The van der Waals surface area contributed by atoms with Gasteiger partial charge in [-0.2, -0.15) is 0 Å². The minimum Gasteiger partial charge on any atom is -0.332 e. The predicted molar refractivity (Wildman–Crippen MR) is 108 cm³/mol. The Kier molecular flexibility index (Phi) is 5.92. The molecule has 0 unspecified atom stereocenters. The number of aryl methyl sites for hydroxylation is 1. The standard InChI is InChI=1S/C20H22N2O3S2/c1-3-19-18(13-14-26-16-7-5-4-6-8-16)21-20(23)22(19)27(24,25)17-11-9-15(2)10-12-17/h3-12,18-19H,1,13-14H2,2H3,(H,21,23)/t18-,19-/m0/s1. The van der Waals surface area contributed by atoms with Crippen LogP contribution >= 0.6 is 11.8 Å². The average molecular weight is 403 g/mol. The summed E-state index contributed by atoms with van der Waals surface area (Å²) in [4.78, 5) is 13.7. The molecule has 1 saturated heterocycles. The topological polar surface area (TPSA) is 66.5 Å². The quantitative estimate of drug-likeness (QED) is 0.565. The molecule has 2 aromatic carbocycles. The maximum atomic E-state index is 13.0. The molecule has 7 heteroatoms. The fourth-order valence-corrected chi connectivity index (χ4v) is 5.51. The van der Waals surface area contributed by atoms with Crippen molar-refractivity contribution in [2.45, 2.75) is 35.2 Å². The van der Waals surface area contributed by atoms with Crippen molar-refractivity contribution in [3.05, 3.63) is 72.8 Å². The summed E-state index contributed by atoms with van der Waals surface area (Å²) in [5, 5.41) is 2.80. The van der Waals surface area contributed by atoms with Gasteiger partial charge in [0.15, 0.2) is 0 Å². The molecule has 1 N–H and O–H groups in total. The number of sulfonamides is 1. The molecule has 2 atom stereocenters. The molecule has 27 heavy (non-hydrogen) atoms. The van der Waals surface area contributed by atoms with Gasteiger partial charge < -0.3 is 5.32 Å². The Hall–Kier alpha value is -2.25. The second-order valence-corrected chi connectivity index (χ2v) is 9.33. The van der Waals surface area contributed by atoms with Crippen LogP contribution in [0.4, 0.5) is 4.79 Å². The van der Waals surface area contributed by atoms with Crippen LogP contribution in [0.3, 0.4) is 0 Å². The smallest absolute Gasteiger partial charge is 0.332 e. The van der Waals surface area contributed by atoms with Crippen molar-refractivity contribution in [2.75, 3.05) is 5.75 Å². The number of urea groups is 1. The van der Waals surface area contributed by atoms with Crippen LogP contribution in [0.15, 0.2) is 77.0 Å². The van der Waals surface area contributed by atoms with E-state index in [1.165, 1.54) is 18.2 Å². The van der Waals surface area contributed by atoms with Crippen molar-refractivity contribution >= 4 is 27.8 Å². The number of thioether (sulfide) groups is 1. The summed E-state index contributed by atoms with van der Waals surface area (Å²) in [7, 11) is -3.93. The monoisotopic (exact) mass is 402 g/mol. The number of nitrogens with one attached hydrogen (secondary N) is 1. The van der Waals surface area contributed by atoms with Crippen LogP contribution in [-0.4, -0.2) is 36.6 Å². The highest BCUT2D eigenvalue weighted by Gasteiger charge is 2.44. The van der Waals surface area contributed by atoms with Crippen LogP contribution in [0.25, 0.3) is 0 Å². The molecule has 142 valence electrons. The van der Waals surface area contributed by atoms with Crippen molar-refractivity contribution in [2.24, 2.45) is 0 Å². The minimum absolute atomic E-state index is 0.106. The van der Waals surface area contributed by atoms with Crippen molar-refractivity contribution < 1.29 is 13.2 Å². The lowest BCUT2D eigenvalue weighted by atomic mass is 10.1. The molecule has 0 aromatic heterocycles. The van der Waals surface area contributed by atoms with Gasteiger partial charge in [-0.3, -0.25) is 0 Å². The predicted octanol–water partition coefficient (Wildman–Crippen LogP) is 3.81. The summed E-state index contributed by atoms with van der Waals surface area (Å²) in [6.45, 7) is 5.64. The number of rotatable bonds is 7. The third kappa shape index (κ3) is 4.20. The van der Waals surface area contributed by atoms with Crippen LogP contribution in [0.1, 0.15) is 12.0 Å². The van der Waals surface area contributed by atoms with Crippen LogP contribution in [-0.2, 0) is 10.0 Å². The highest BCUT2D eigenvalue weighted by molar-refractivity contribution is 7.99. The maximum absolute atomic E-state index is 13.0. The highest BCUT2D eigenvalue weighted by Crippen LogP contribution is 2.28. The molecule has 0 saturated carbocycles. The lowest BCUT2D eigenvalue weighted by molar-refractivity contribution is 0.233. The van der Waals surface area contributed by atoms with Crippen molar-refractivity contribution in [1.82, 2.24) is 9.62 Å². The molecule has 5 nitrogen and oxygen atoms in total. The number of nitrogens with zero attached hydrogens (tertiary/aromatic N) is 1. The van der Waals surface area contributed by atoms with E-state index in [-0.39, 0.29) is 10.9 Å². The van der Waals surface area contributed by atoms with Gasteiger partial charge in [0.1, 0.15) is 0 Å². The van der Waals surface area contributed by atoms with Gasteiger partial charge in [-0.25, -0.2) is 17.5 Å². The van der Waals surface area contributed by atoms with E-state index in [9.17, 15) is 13.2 Å². The molecule has 1 aliphatic heterocycles. The lowest BCUT2D eigenvalue weighted by Gasteiger charge is -2.23. The van der Waals surface area contributed by atoms with Gasteiger partial charge in [-0.15, -0.1) is 18.3 Å². The molecular formula is C20H22N2O3S2. The molecule has 0 radical (unpaired) electrons. The fourth-order valence-electron chi connectivity index (χ4n) is 3.02. The zero-order valence-electron chi connectivity index (χ0n) is 15.0. The van der Waals surface area contributed by atoms with Crippen LogP contribution < -0.4 is 5.32 Å². The molecule has 0 bridgehead atoms. The Balaban J connectivity index is 1.74. The first kappa shape index (κ1) is 19.5. The SMILES string of the molecule is C=C[C@H]1[C@H](CCSc2ccccc2)NC(=O)N1S(=O)(=O)c1ccc(C)cc1. The fraction of sp³-hybridized carbons (Fsp3) is 0.250. The molecular weight excluding hydrogens is 380 g/mol. The second-order valence-electron chi connectivity index (χ2n) is 6.35. The van der Waals surface area contributed by atoms with E-state index in [0.717, 1.165) is 20.5 Å². The zero-order chi connectivity index (χ0) is 19.4. The van der Waals surface area contributed by atoms with Crippen molar-refractivity contribution in [1.29, 1.82) is 0 Å². The largest absolute Gasteiger partial charge is 0.332 e. The van der Waals surface area contributed by atoms with E-state index in [4.69, 9.17) is 0 Å². The van der Waals surface area contributed by atoms with Gasteiger partial charge in [0.2, 0.25) is 0 Å². The van der Waals surface area contributed by atoms with Gasteiger partial charge in [-0.1, -0.05) is 42.0 Å². The van der Waals surface area contributed by atoms with Gasteiger partial charge in [0.25, 0.3) is 10.0 Å². The van der Waals surface area contributed by atoms with Crippen LogP contribution in [0, 0.1) is 6.92 Å². The Labute approximate surface area is 164 Å². The third-order valence-corrected chi connectivity index (χ3v) is 7.29. The molecule has 2 aromatic rings. The number of carbonyl (C=O) groups excluding carboxylic acids is 1. The maximum Gasteiger partial charge on any atom is 0.332 e. The van der Waals surface area contributed by atoms with E-state index in [1.54, 1.807) is 23.9 Å². The zero-order valence-corrected chi connectivity index (χ0v) is 16.7. The lowest BCUT2D eigenvalue weighted by Crippen LogP contribution is -2.40. The van der Waals surface area contributed by atoms with Gasteiger partial charge in [-0.05, 0) is 37.6 Å². The molecule has 2 amide bonds. The molecule has 1 heterocycles. The first-order valence-corrected chi connectivity index (χ1v) is 11.1. The highest BCUT2D eigenvalue weighted by atomic mass is 32.2. The molecule has 0 aliphatic carbocycles. The summed E-state index contributed by atoms with van der Waals surface area (Å²) in [6.07, 6.45) is 2.17. The summed E-state index contributed by atoms with van der Waals surface area (Å²) in [5.41, 5.74) is 0.955. The number of benzene rings is 2. The first-order chi connectivity index (χ1) is 12.9. The summed E-state index contributed by atoms with van der Waals surface area (Å²) in [5.74, 6) is 0.762. The van der Waals surface area contributed by atoms with E-state index in [1.807, 2.05) is 37.3 Å². The Morgan fingerprint density at radius 3 is 2.44 bits per heavy atom. The first-order valence-electron chi connectivity index (χ1n) is 8.65. The molecule has 1 aliphatic rings. The molecule has 0 spiro atoms. The average Bonchev–Trinajstić information content (AvgIpc) is 2.99. The minimum atomic E-state index is -3.93. The summed E-state index contributed by atoms with van der Waals surface area (Å²) < 4.78 is 26.9. The molecule has 3 rings (SSSR count). The Morgan fingerprint density at radius 2 is 1.81 bits per heavy atom. The number of carbonyl (C=O) groups is 1. The van der Waals surface area contributed by atoms with Gasteiger partial charge in [0.05, 0.1) is 17.0 Å². The van der Waals surface area contributed by atoms with Crippen molar-refractivity contribution in [3.63, 3.8) is 0 Å². The molecule has 1 fully saturated rings. The van der Waals surface area contributed by atoms with Crippen LogP contribution in [0.5, 0.6) is 0 Å². The van der Waals surface area contributed by atoms with E-state index in [0.29, 0.717) is 6.42 Å². The number of hydrogen-bond donors (Lipinski definition) is 1. The third-order valence-electron chi connectivity index (χ3n) is 4.45. The Bertz CT molecular complexity index is 912. The van der Waals surface area contributed by atoms with E-state index in [2.05, 4.69) is 11.9 Å². The number of hydrogen-bond acceptors (Lipinski definition) is 4. The second kappa shape index (κ2) is 8.19. The Morgan fingerprint density at radius 1 is 1.15 bits per heavy atom. The summed E-state index contributed by atoms with van der Waals surface area (Å²) in [6, 6.07) is 14.9. The number of amides is 2. The van der Waals surface area contributed by atoms with Crippen molar-refractivity contribution in [3.8, 4) is 0 Å². The van der Waals surface area contributed by atoms with Gasteiger partial charge in [0, 0.05) is 10.6 Å². The normalized spacial score (nSPS) is 19.7.